The number of nitrogens with zero attached hydrogens (tertiary/aromatic N) is 2. The Morgan fingerprint density at radius 1 is 0.926 bits per heavy atom. The quantitative estimate of drug-likeness (QED) is 0.482. The van der Waals surface area contributed by atoms with Crippen molar-refractivity contribution in [2.75, 3.05) is 0 Å². The van der Waals surface area contributed by atoms with Gasteiger partial charge in [0.25, 0.3) is 0 Å². The molecule has 0 amide bonds. The Kier molecular flexibility index (Phi) is 3.91. The van der Waals surface area contributed by atoms with Crippen LogP contribution < -0.4 is 0 Å². The summed E-state index contributed by atoms with van der Waals surface area (Å²) in [4.78, 5) is 4.68. The average Bonchev–Trinajstić information content (AvgIpc) is 3.10. The Labute approximate surface area is 162 Å². The van der Waals surface area contributed by atoms with E-state index in [9.17, 15) is 5.11 Å². The number of fused-ring (bicyclic) bond motifs is 3. The van der Waals surface area contributed by atoms with Crippen LogP contribution in [0.4, 0.5) is 0 Å². The van der Waals surface area contributed by atoms with E-state index in [0.717, 1.165) is 30.7 Å². The first-order valence-electron chi connectivity index (χ1n) is 9.22. The maximum absolute atomic E-state index is 10.2. The number of imidazole rings is 1. The molecule has 1 unspecified atom stereocenters. The second kappa shape index (κ2) is 6.43. The molecule has 0 aliphatic carbocycles. The van der Waals surface area contributed by atoms with Gasteiger partial charge in [0.05, 0.1) is 10.5 Å². The number of aryl methyl sites for hydroxylation is 1. The summed E-state index contributed by atoms with van der Waals surface area (Å²) in [7, 11) is 0. The second-order valence-corrected chi connectivity index (χ2v) is 7.53. The average molecular weight is 375 g/mol. The Hall–Kier alpha value is -2.78. The van der Waals surface area contributed by atoms with Crippen molar-refractivity contribution in [1.29, 1.82) is 0 Å². The molecule has 0 fully saturated rings. The molecule has 0 radical (unpaired) electrons. The second-order valence-electron chi connectivity index (χ2n) is 7.12. The van der Waals surface area contributed by atoms with Crippen LogP contribution >= 0.6 is 11.6 Å². The molecule has 0 saturated heterocycles. The molecule has 1 aromatic heterocycles. The predicted octanol–water partition coefficient (Wildman–Crippen LogP) is 5.79. The van der Waals surface area contributed by atoms with Gasteiger partial charge in [-0.05, 0) is 41.2 Å². The Bertz CT molecular complexity index is 1120. The molecule has 0 spiro atoms. The van der Waals surface area contributed by atoms with Crippen molar-refractivity contribution in [2.24, 2.45) is 0 Å². The summed E-state index contributed by atoms with van der Waals surface area (Å²) < 4.78 is 2.21. The van der Waals surface area contributed by atoms with Crippen molar-refractivity contribution in [3.63, 3.8) is 0 Å². The summed E-state index contributed by atoms with van der Waals surface area (Å²) in [5.74, 6) is 1.54. The molecule has 0 saturated carbocycles. The number of phenolic OH excluding ortho intramolecular Hbond substituents is 1. The molecule has 5 rings (SSSR count). The van der Waals surface area contributed by atoms with Gasteiger partial charge in [0, 0.05) is 13.0 Å². The highest BCUT2D eigenvalue weighted by atomic mass is 35.5. The first-order valence-corrected chi connectivity index (χ1v) is 9.60. The summed E-state index contributed by atoms with van der Waals surface area (Å²) in [5.41, 5.74) is 5.39. The van der Waals surface area contributed by atoms with Crippen molar-refractivity contribution in [3.05, 3.63) is 83.1 Å². The van der Waals surface area contributed by atoms with E-state index in [1.807, 2.05) is 12.1 Å². The van der Waals surface area contributed by atoms with E-state index >= 15 is 0 Å². The highest BCUT2D eigenvalue weighted by Crippen LogP contribution is 2.37. The van der Waals surface area contributed by atoms with E-state index in [1.165, 1.54) is 16.7 Å². The zero-order valence-corrected chi connectivity index (χ0v) is 15.5. The van der Waals surface area contributed by atoms with Gasteiger partial charge in [-0.2, -0.15) is 0 Å². The standard InChI is InChI=1S/C23H19ClN2O/c24-19-10-11-20-22(23(19)27)25-21-14-18(12-13-26(20)21)17-8-6-16(7-9-17)15-4-2-1-3-5-15/h1-11,18,27H,12-14H2. The molecule has 1 atom stereocenters. The Balaban J connectivity index is 1.45. The Morgan fingerprint density at radius 3 is 2.44 bits per heavy atom. The van der Waals surface area contributed by atoms with Crippen LogP contribution in [0, 0.1) is 0 Å². The lowest BCUT2D eigenvalue weighted by Gasteiger charge is -2.24. The molecular weight excluding hydrogens is 356 g/mol. The largest absolute Gasteiger partial charge is 0.504 e. The van der Waals surface area contributed by atoms with E-state index in [1.54, 1.807) is 6.07 Å². The minimum atomic E-state index is 0.0832. The molecule has 0 bridgehead atoms. The van der Waals surface area contributed by atoms with Crippen LogP contribution in [-0.2, 0) is 13.0 Å². The van der Waals surface area contributed by atoms with Gasteiger partial charge in [-0.1, -0.05) is 66.2 Å². The van der Waals surface area contributed by atoms with Crippen LogP contribution in [0.3, 0.4) is 0 Å². The number of aromatic hydroxyl groups is 1. The summed E-state index contributed by atoms with van der Waals surface area (Å²) in [6.07, 6.45) is 1.93. The summed E-state index contributed by atoms with van der Waals surface area (Å²) in [6.45, 7) is 0.901. The molecule has 1 aliphatic heterocycles. The van der Waals surface area contributed by atoms with E-state index in [2.05, 4.69) is 58.1 Å². The summed E-state index contributed by atoms with van der Waals surface area (Å²) in [6, 6.07) is 23.0. The molecule has 27 heavy (non-hydrogen) atoms. The van der Waals surface area contributed by atoms with Crippen molar-refractivity contribution in [1.82, 2.24) is 9.55 Å². The minimum absolute atomic E-state index is 0.0832. The van der Waals surface area contributed by atoms with Crippen molar-refractivity contribution in [2.45, 2.75) is 25.3 Å². The molecule has 4 aromatic rings. The lowest BCUT2D eigenvalue weighted by molar-refractivity contribution is 0.473. The van der Waals surface area contributed by atoms with E-state index < -0.39 is 0 Å². The van der Waals surface area contributed by atoms with Crippen LogP contribution in [0.15, 0.2) is 66.7 Å². The van der Waals surface area contributed by atoms with Gasteiger partial charge < -0.3 is 9.67 Å². The zero-order chi connectivity index (χ0) is 18.4. The van der Waals surface area contributed by atoms with Crippen molar-refractivity contribution < 1.29 is 5.11 Å². The lowest BCUT2D eigenvalue weighted by atomic mass is 9.89. The molecule has 1 N–H and O–H groups in total. The van der Waals surface area contributed by atoms with Crippen LogP contribution in [-0.4, -0.2) is 14.7 Å². The van der Waals surface area contributed by atoms with Gasteiger partial charge >= 0.3 is 0 Å². The number of phenols is 1. The number of hydrogen-bond donors (Lipinski definition) is 1. The monoisotopic (exact) mass is 374 g/mol. The van der Waals surface area contributed by atoms with Crippen LogP contribution in [0.5, 0.6) is 5.75 Å². The molecule has 2 heterocycles. The summed E-state index contributed by atoms with van der Waals surface area (Å²) in [5, 5.41) is 10.6. The van der Waals surface area contributed by atoms with Crippen LogP contribution in [0.2, 0.25) is 5.02 Å². The van der Waals surface area contributed by atoms with Crippen LogP contribution in [0.25, 0.3) is 22.2 Å². The van der Waals surface area contributed by atoms with E-state index in [0.29, 0.717) is 16.5 Å². The van der Waals surface area contributed by atoms with E-state index in [4.69, 9.17) is 11.6 Å². The fraction of sp³-hybridized carbons (Fsp3) is 0.174. The van der Waals surface area contributed by atoms with Gasteiger partial charge in [0.1, 0.15) is 11.3 Å². The molecule has 4 heteroatoms. The normalized spacial score (nSPS) is 16.4. The number of hydrogen-bond acceptors (Lipinski definition) is 2. The third-order valence-corrected chi connectivity index (χ3v) is 5.85. The third kappa shape index (κ3) is 2.79. The van der Waals surface area contributed by atoms with Gasteiger partial charge in [-0.15, -0.1) is 0 Å². The zero-order valence-electron chi connectivity index (χ0n) is 14.8. The van der Waals surface area contributed by atoms with Crippen molar-refractivity contribution in [3.8, 4) is 16.9 Å². The van der Waals surface area contributed by atoms with Crippen molar-refractivity contribution >= 4 is 22.6 Å². The Morgan fingerprint density at radius 2 is 1.67 bits per heavy atom. The lowest BCUT2D eigenvalue weighted by Crippen LogP contribution is -2.18. The number of halogens is 1. The van der Waals surface area contributed by atoms with Gasteiger partial charge in [-0.3, -0.25) is 0 Å². The number of benzene rings is 3. The summed E-state index contributed by atoms with van der Waals surface area (Å²) >= 11 is 6.04. The topological polar surface area (TPSA) is 38.1 Å². The molecule has 3 aromatic carbocycles. The van der Waals surface area contributed by atoms with Gasteiger partial charge in [0.2, 0.25) is 0 Å². The predicted molar refractivity (Wildman–Crippen MR) is 109 cm³/mol. The highest BCUT2D eigenvalue weighted by molar-refractivity contribution is 6.33. The SMILES string of the molecule is Oc1c(Cl)ccc2c1nc1n2CCC(c2ccc(-c3ccccc3)cc2)C1. The molecule has 3 nitrogen and oxygen atoms in total. The molecular formula is C23H19ClN2O. The van der Waals surface area contributed by atoms with E-state index in [-0.39, 0.29) is 5.75 Å². The number of rotatable bonds is 2. The first-order chi connectivity index (χ1) is 13.2. The highest BCUT2D eigenvalue weighted by Gasteiger charge is 2.24. The smallest absolute Gasteiger partial charge is 0.162 e. The minimum Gasteiger partial charge on any atom is -0.504 e. The maximum atomic E-state index is 10.2. The third-order valence-electron chi connectivity index (χ3n) is 5.54. The molecule has 1 aliphatic rings. The maximum Gasteiger partial charge on any atom is 0.162 e. The number of aromatic nitrogens is 2. The van der Waals surface area contributed by atoms with Gasteiger partial charge in [0.15, 0.2) is 5.75 Å². The van der Waals surface area contributed by atoms with Gasteiger partial charge in [-0.25, -0.2) is 4.98 Å². The first kappa shape index (κ1) is 16.4. The van der Waals surface area contributed by atoms with Crippen LogP contribution in [0.1, 0.15) is 23.7 Å². The molecule has 134 valence electrons. The fourth-order valence-electron chi connectivity index (χ4n) is 4.08. The fourth-order valence-corrected chi connectivity index (χ4v) is 4.23.